The summed E-state index contributed by atoms with van der Waals surface area (Å²) < 4.78 is 14.4. The van der Waals surface area contributed by atoms with Gasteiger partial charge in [-0.3, -0.25) is 0 Å². The summed E-state index contributed by atoms with van der Waals surface area (Å²) in [5.41, 5.74) is 2.41. The van der Waals surface area contributed by atoms with E-state index in [4.69, 9.17) is 0 Å². The Kier molecular flexibility index (Phi) is 4.95. The van der Waals surface area contributed by atoms with Crippen molar-refractivity contribution in [3.8, 4) is 0 Å². The van der Waals surface area contributed by atoms with E-state index in [9.17, 15) is 4.39 Å². The van der Waals surface area contributed by atoms with E-state index >= 15 is 0 Å². The van der Waals surface area contributed by atoms with Gasteiger partial charge in [0.15, 0.2) is 0 Å². The highest BCUT2D eigenvalue weighted by Gasteiger charge is 2.20. The number of benzene rings is 1. The quantitative estimate of drug-likeness (QED) is 0.774. The van der Waals surface area contributed by atoms with Gasteiger partial charge in [0.05, 0.1) is 6.04 Å². The Balaban J connectivity index is 2.29. The van der Waals surface area contributed by atoms with Crippen molar-refractivity contribution < 1.29 is 4.39 Å². The average molecular weight is 312 g/mol. The van der Waals surface area contributed by atoms with Gasteiger partial charge < -0.3 is 5.32 Å². The molecule has 1 aliphatic rings. The third-order valence-electron chi connectivity index (χ3n) is 3.31. The largest absolute Gasteiger partial charge is 0.306 e. The van der Waals surface area contributed by atoms with E-state index in [1.807, 2.05) is 0 Å². The molecular formula is C15H19BrFN. The first-order valence-electron chi connectivity index (χ1n) is 6.59. The minimum atomic E-state index is -0.171. The maximum atomic E-state index is 13.4. The topological polar surface area (TPSA) is 12.0 Å². The molecule has 98 valence electrons. The number of halogens is 2. The van der Waals surface area contributed by atoms with Crippen LogP contribution in [0.2, 0.25) is 0 Å². The van der Waals surface area contributed by atoms with Crippen LogP contribution < -0.4 is 5.32 Å². The van der Waals surface area contributed by atoms with Crippen molar-refractivity contribution in [3.05, 3.63) is 45.7 Å². The van der Waals surface area contributed by atoms with E-state index in [2.05, 4.69) is 34.2 Å². The number of hydrogen-bond acceptors (Lipinski definition) is 1. The Morgan fingerprint density at radius 2 is 2.28 bits per heavy atom. The van der Waals surface area contributed by atoms with Crippen LogP contribution in [0.1, 0.15) is 44.2 Å². The molecule has 0 spiro atoms. The lowest BCUT2D eigenvalue weighted by Crippen LogP contribution is -2.24. The van der Waals surface area contributed by atoms with Crippen LogP contribution in [0.3, 0.4) is 0 Å². The summed E-state index contributed by atoms with van der Waals surface area (Å²) in [6.45, 7) is 3.10. The Hall–Kier alpha value is -0.670. The van der Waals surface area contributed by atoms with Crippen LogP contribution in [0.25, 0.3) is 0 Å². The van der Waals surface area contributed by atoms with Crippen molar-refractivity contribution in [2.75, 3.05) is 6.54 Å². The minimum absolute atomic E-state index is 0.150. The highest BCUT2D eigenvalue weighted by molar-refractivity contribution is 9.10. The summed E-state index contributed by atoms with van der Waals surface area (Å²) in [6.07, 6.45) is 6.85. The maximum absolute atomic E-state index is 13.4. The molecule has 0 fully saturated rings. The lowest BCUT2D eigenvalue weighted by Gasteiger charge is -2.22. The summed E-state index contributed by atoms with van der Waals surface area (Å²) >= 11 is 3.54. The first-order chi connectivity index (χ1) is 8.72. The molecule has 0 aliphatic heterocycles. The standard InChI is InChI=1S/C15H19BrFN/c1-2-9-18-15(11-5-3-4-6-11)13-10-12(17)7-8-14(13)16/h5,7-8,10,15,18H,2-4,6,9H2,1H3. The molecule has 0 bridgehead atoms. The van der Waals surface area contributed by atoms with Crippen molar-refractivity contribution in [1.82, 2.24) is 5.32 Å². The summed E-state index contributed by atoms with van der Waals surface area (Å²) in [7, 11) is 0. The molecule has 1 atom stereocenters. The van der Waals surface area contributed by atoms with Gasteiger partial charge in [0, 0.05) is 4.47 Å². The molecule has 1 aromatic carbocycles. The monoisotopic (exact) mass is 311 g/mol. The molecule has 18 heavy (non-hydrogen) atoms. The third kappa shape index (κ3) is 3.21. The zero-order valence-electron chi connectivity index (χ0n) is 10.7. The van der Waals surface area contributed by atoms with Crippen LogP contribution in [0, 0.1) is 5.82 Å². The van der Waals surface area contributed by atoms with Crippen LogP contribution >= 0.6 is 15.9 Å². The molecule has 0 heterocycles. The van der Waals surface area contributed by atoms with Gasteiger partial charge >= 0.3 is 0 Å². The van der Waals surface area contributed by atoms with Gasteiger partial charge in [0.2, 0.25) is 0 Å². The number of hydrogen-bond donors (Lipinski definition) is 1. The average Bonchev–Trinajstić information content (AvgIpc) is 2.88. The lowest BCUT2D eigenvalue weighted by atomic mass is 9.98. The first-order valence-corrected chi connectivity index (χ1v) is 7.39. The molecule has 1 aromatic rings. The van der Waals surface area contributed by atoms with Gasteiger partial charge in [0.1, 0.15) is 5.82 Å². The van der Waals surface area contributed by atoms with Crippen molar-refractivity contribution in [3.63, 3.8) is 0 Å². The minimum Gasteiger partial charge on any atom is -0.306 e. The predicted octanol–water partition coefficient (Wildman–Crippen LogP) is 4.74. The summed E-state index contributed by atoms with van der Waals surface area (Å²) in [4.78, 5) is 0. The van der Waals surface area contributed by atoms with Crippen LogP contribution in [-0.2, 0) is 0 Å². The van der Waals surface area contributed by atoms with Crippen LogP contribution in [-0.4, -0.2) is 6.54 Å². The second kappa shape index (κ2) is 6.48. The molecule has 1 nitrogen and oxygen atoms in total. The zero-order chi connectivity index (χ0) is 13.0. The number of nitrogens with one attached hydrogen (secondary N) is 1. The Morgan fingerprint density at radius 1 is 1.44 bits per heavy atom. The van der Waals surface area contributed by atoms with Crippen molar-refractivity contribution in [2.45, 2.75) is 38.6 Å². The van der Waals surface area contributed by atoms with Crippen LogP contribution in [0.5, 0.6) is 0 Å². The van der Waals surface area contributed by atoms with E-state index in [-0.39, 0.29) is 11.9 Å². The van der Waals surface area contributed by atoms with Crippen LogP contribution in [0.4, 0.5) is 4.39 Å². The molecule has 0 radical (unpaired) electrons. The molecule has 3 heteroatoms. The van der Waals surface area contributed by atoms with E-state index < -0.39 is 0 Å². The summed E-state index contributed by atoms with van der Waals surface area (Å²) in [5, 5.41) is 3.53. The van der Waals surface area contributed by atoms with Gasteiger partial charge in [-0.1, -0.05) is 34.5 Å². The SMILES string of the molecule is CCCNC(C1=CCCC1)c1cc(F)ccc1Br. The molecule has 1 N–H and O–H groups in total. The summed E-state index contributed by atoms with van der Waals surface area (Å²) in [6, 6.07) is 5.07. The molecule has 2 rings (SSSR count). The van der Waals surface area contributed by atoms with Crippen LogP contribution in [0.15, 0.2) is 34.3 Å². The smallest absolute Gasteiger partial charge is 0.123 e. The fourth-order valence-corrected chi connectivity index (χ4v) is 2.90. The molecule has 0 amide bonds. The Bertz CT molecular complexity index is 442. The van der Waals surface area contributed by atoms with Crippen molar-refractivity contribution in [2.24, 2.45) is 0 Å². The van der Waals surface area contributed by atoms with Gasteiger partial charge in [-0.2, -0.15) is 0 Å². The molecular weight excluding hydrogens is 293 g/mol. The highest BCUT2D eigenvalue weighted by Crippen LogP contribution is 2.34. The Labute approximate surface area is 117 Å². The first kappa shape index (κ1) is 13.8. The number of rotatable bonds is 5. The van der Waals surface area contributed by atoms with Gasteiger partial charge in [-0.25, -0.2) is 4.39 Å². The van der Waals surface area contributed by atoms with Gasteiger partial charge in [-0.15, -0.1) is 0 Å². The predicted molar refractivity (Wildman–Crippen MR) is 77.1 cm³/mol. The van der Waals surface area contributed by atoms with E-state index in [1.54, 1.807) is 12.1 Å². The number of allylic oxidation sites excluding steroid dienone is 1. The normalized spacial score (nSPS) is 16.7. The van der Waals surface area contributed by atoms with E-state index in [1.165, 1.54) is 18.1 Å². The highest BCUT2D eigenvalue weighted by atomic mass is 79.9. The fourth-order valence-electron chi connectivity index (χ4n) is 2.42. The second-order valence-electron chi connectivity index (χ2n) is 4.72. The molecule has 0 saturated carbocycles. The molecule has 1 aliphatic carbocycles. The summed E-state index contributed by atoms with van der Waals surface area (Å²) in [5.74, 6) is -0.171. The maximum Gasteiger partial charge on any atom is 0.123 e. The molecule has 0 saturated heterocycles. The Morgan fingerprint density at radius 3 is 2.94 bits per heavy atom. The molecule has 1 unspecified atom stereocenters. The van der Waals surface area contributed by atoms with Gasteiger partial charge in [0.25, 0.3) is 0 Å². The van der Waals surface area contributed by atoms with Crippen molar-refractivity contribution >= 4 is 15.9 Å². The second-order valence-corrected chi connectivity index (χ2v) is 5.58. The third-order valence-corrected chi connectivity index (χ3v) is 4.04. The van der Waals surface area contributed by atoms with E-state index in [0.717, 1.165) is 35.8 Å². The van der Waals surface area contributed by atoms with E-state index in [0.29, 0.717) is 0 Å². The zero-order valence-corrected chi connectivity index (χ0v) is 12.3. The fraction of sp³-hybridized carbons (Fsp3) is 0.467. The lowest BCUT2D eigenvalue weighted by molar-refractivity contribution is 0.567. The van der Waals surface area contributed by atoms with Crippen molar-refractivity contribution in [1.29, 1.82) is 0 Å². The van der Waals surface area contributed by atoms with Gasteiger partial charge in [-0.05, 0) is 56.0 Å². The molecule has 0 aromatic heterocycles.